The Labute approximate surface area is 169 Å². The van der Waals surface area contributed by atoms with Crippen LogP contribution >= 0.6 is 0 Å². The molecule has 1 fully saturated rings. The molecule has 1 saturated carbocycles. The number of benzene rings is 2. The lowest BCUT2D eigenvalue weighted by Gasteiger charge is -2.28. The molecule has 6 heteroatoms. The van der Waals surface area contributed by atoms with Crippen LogP contribution in [0.4, 0.5) is 0 Å². The quantitative estimate of drug-likeness (QED) is 0.553. The highest BCUT2D eigenvalue weighted by molar-refractivity contribution is 5.93. The van der Waals surface area contributed by atoms with Crippen molar-refractivity contribution in [2.75, 3.05) is 0 Å². The predicted molar refractivity (Wildman–Crippen MR) is 112 cm³/mol. The summed E-state index contributed by atoms with van der Waals surface area (Å²) in [6, 6.07) is 19.7. The van der Waals surface area contributed by atoms with Crippen LogP contribution in [0.25, 0.3) is 16.7 Å². The molecule has 2 heterocycles. The summed E-state index contributed by atoms with van der Waals surface area (Å²) in [6.45, 7) is 0. The van der Waals surface area contributed by atoms with Crippen molar-refractivity contribution in [1.29, 1.82) is 0 Å². The van der Waals surface area contributed by atoms with Crippen molar-refractivity contribution < 1.29 is 4.79 Å². The lowest BCUT2D eigenvalue weighted by molar-refractivity contribution is 0.0916. The molecule has 146 valence electrons. The SMILES string of the molecule is O=C(NC1CCCC(c2nc3ccccc3[nH]2)C1)c1ccnn1-c1ccccc1. The zero-order chi connectivity index (χ0) is 19.6. The summed E-state index contributed by atoms with van der Waals surface area (Å²) in [5.41, 5.74) is 3.51. The second-order valence-corrected chi connectivity index (χ2v) is 7.64. The number of amides is 1. The topological polar surface area (TPSA) is 75.6 Å². The highest BCUT2D eigenvalue weighted by Gasteiger charge is 2.27. The van der Waals surface area contributed by atoms with Crippen molar-refractivity contribution in [1.82, 2.24) is 25.1 Å². The van der Waals surface area contributed by atoms with Gasteiger partial charge in [-0.2, -0.15) is 5.10 Å². The number of fused-ring (bicyclic) bond motifs is 1. The second-order valence-electron chi connectivity index (χ2n) is 7.64. The van der Waals surface area contributed by atoms with Crippen LogP contribution in [-0.4, -0.2) is 31.7 Å². The number of H-pyrrole nitrogens is 1. The van der Waals surface area contributed by atoms with Crippen LogP contribution in [0.2, 0.25) is 0 Å². The molecule has 0 spiro atoms. The summed E-state index contributed by atoms with van der Waals surface area (Å²) in [5.74, 6) is 1.28. The van der Waals surface area contributed by atoms with Gasteiger partial charge in [-0.3, -0.25) is 4.79 Å². The van der Waals surface area contributed by atoms with Gasteiger partial charge in [0.05, 0.1) is 22.9 Å². The molecule has 0 bridgehead atoms. The number of aromatic nitrogens is 4. The number of hydrogen-bond donors (Lipinski definition) is 2. The number of aromatic amines is 1. The van der Waals surface area contributed by atoms with Crippen molar-refractivity contribution in [3.05, 3.63) is 78.4 Å². The van der Waals surface area contributed by atoms with Crippen molar-refractivity contribution in [3.63, 3.8) is 0 Å². The third-order valence-corrected chi connectivity index (χ3v) is 5.68. The molecule has 1 aliphatic rings. The van der Waals surface area contributed by atoms with Gasteiger partial charge < -0.3 is 10.3 Å². The van der Waals surface area contributed by atoms with E-state index in [0.29, 0.717) is 11.6 Å². The Bertz CT molecular complexity index is 1100. The molecule has 0 saturated heterocycles. The average molecular weight is 385 g/mol. The fourth-order valence-corrected chi connectivity index (χ4v) is 4.24. The van der Waals surface area contributed by atoms with E-state index < -0.39 is 0 Å². The number of nitrogens with zero attached hydrogens (tertiary/aromatic N) is 3. The predicted octanol–water partition coefficient (Wildman–Crippen LogP) is 4.20. The number of imidazole rings is 1. The summed E-state index contributed by atoms with van der Waals surface area (Å²) < 4.78 is 1.69. The van der Waals surface area contributed by atoms with E-state index in [1.807, 2.05) is 48.5 Å². The molecule has 1 amide bonds. The largest absolute Gasteiger partial charge is 0.348 e. The van der Waals surface area contributed by atoms with Gasteiger partial charge >= 0.3 is 0 Å². The first-order valence-corrected chi connectivity index (χ1v) is 10.1. The average Bonchev–Trinajstić information content (AvgIpc) is 3.42. The Morgan fingerprint density at radius 2 is 1.86 bits per heavy atom. The minimum absolute atomic E-state index is 0.0818. The molecule has 2 aromatic carbocycles. The van der Waals surface area contributed by atoms with E-state index in [-0.39, 0.29) is 11.9 Å². The van der Waals surface area contributed by atoms with Gasteiger partial charge in [-0.25, -0.2) is 9.67 Å². The molecular weight excluding hydrogens is 362 g/mol. The first-order valence-electron chi connectivity index (χ1n) is 10.1. The van der Waals surface area contributed by atoms with Crippen LogP contribution < -0.4 is 5.32 Å². The summed E-state index contributed by atoms with van der Waals surface area (Å²) in [4.78, 5) is 21.2. The third-order valence-electron chi connectivity index (χ3n) is 5.68. The molecule has 6 nitrogen and oxygen atoms in total. The first kappa shape index (κ1) is 17.7. The minimum Gasteiger partial charge on any atom is -0.348 e. The number of nitrogens with one attached hydrogen (secondary N) is 2. The van der Waals surface area contributed by atoms with E-state index in [1.54, 1.807) is 16.9 Å². The maximum Gasteiger partial charge on any atom is 0.270 e. The van der Waals surface area contributed by atoms with Gasteiger partial charge in [-0.05, 0) is 49.6 Å². The molecule has 0 aliphatic heterocycles. The van der Waals surface area contributed by atoms with Gasteiger partial charge in [0.2, 0.25) is 0 Å². The zero-order valence-electron chi connectivity index (χ0n) is 16.1. The van der Waals surface area contributed by atoms with Crippen LogP contribution in [0.5, 0.6) is 0 Å². The van der Waals surface area contributed by atoms with E-state index in [4.69, 9.17) is 4.98 Å². The maximum atomic E-state index is 13.0. The number of rotatable bonds is 4. The number of para-hydroxylation sites is 3. The Morgan fingerprint density at radius 1 is 1.03 bits per heavy atom. The lowest BCUT2D eigenvalue weighted by atomic mass is 9.85. The summed E-state index contributed by atoms with van der Waals surface area (Å²) in [7, 11) is 0. The van der Waals surface area contributed by atoms with Crippen LogP contribution in [0.3, 0.4) is 0 Å². The van der Waals surface area contributed by atoms with Crippen LogP contribution in [0.1, 0.15) is 47.9 Å². The van der Waals surface area contributed by atoms with Gasteiger partial charge in [0.25, 0.3) is 5.91 Å². The molecule has 2 aromatic heterocycles. The van der Waals surface area contributed by atoms with Crippen molar-refractivity contribution in [2.24, 2.45) is 0 Å². The summed E-state index contributed by atoms with van der Waals surface area (Å²) >= 11 is 0. The smallest absolute Gasteiger partial charge is 0.270 e. The normalized spacial score (nSPS) is 19.3. The van der Waals surface area contributed by atoms with Gasteiger partial charge in [0, 0.05) is 12.0 Å². The van der Waals surface area contributed by atoms with E-state index in [0.717, 1.165) is 48.2 Å². The van der Waals surface area contributed by atoms with E-state index in [9.17, 15) is 4.79 Å². The molecule has 2 N–H and O–H groups in total. The molecule has 0 radical (unpaired) electrons. The summed E-state index contributed by atoms with van der Waals surface area (Å²) in [5, 5.41) is 7.55. The maximum absolute atomic E-state index is 13.0. The molecule has 2 atom stereocenters. The molecule has 5 rings (SSSR count). The fraction of sp³-hybridized carbons (Fsp3) is 0.261. The molecule has 2 unspecified atom stereocenters. The molecule has 4 aromatic rings. The van der Waals surface area contributed by atoms with Crippen LogP contribution in [-0.2, 0) is 0 Å². The highest BCUT2D eigenvalue weighted by Crippen LogP contribution is 2.32. The van der Waals surface area contributed by atoms with E-state index in [2.05, 4.69) is 21.5 Å². The van der Waals surface area contributed by atoms with E-state index >= 15 is 0 Å². The van der Waals surface area contributed by atoms with Crippen LogP contribution in [0.15, 0.2) is 66.9 Å². The number of carbonyl (C=O) groups excluding carboxylic acids is 1. The standard InChI is InChI=1S/C23H23N5O/c29-23(21-13-14-24-28(21)18-9-2-1-3-10-18)25-17-8-6-7-16(15-17)22-26-19-11-4-5-12-20(19)27-22/h1-5,9-14,16-17H,6-8,15H2,(H,25,29)(H,26,27). The number of hydrogen-bond acceptors (Lipinski definition) is 3. The van der Waals surface area contributed by atoms with E-state index in [1.165, 1.54) is 0 Å². The Kier molecular flexibility index (Phi) is 4.60. The first-order chi connectivity index (χ1) is 14.3. The fourth-order valence-electron chi connectivity index (χ4n) is 4.24. The lowest BCUT2D eigenvalue weighted by Crippen LogP contribution is -2.39. The highest BCUT2D eigenvalue weighted by atomic mass is 16.2. The summed E-state index contributed by atoms with van der Waals surface area (Å²) in [6.07, 6.45) is 5.71. The Morgan fingerprint density at radius 3 is 2.72 bits per heavy atom. The van der Waals surface area contributed by atoms with Crippen molar-refractivity contribution >= 4 is 16.9 Å². The molecular formula is C23H23N5O. The van der Waals surface area contributed by atoms with Gasteiger partial charge in [0.1, 0.15) is 11.5 Å². The van der Waals surface area contributed by atoms with Crippen molar-refractivity contribution in [2.45, 2.75) is 37.6 Å². The van der Waals surface area contributed by atoms with Gasteiger partial charge in [-0.15, -0.1) is 0 Å². The Hall–Kier alpha value is -3.41. The monoisotopic (exact) mass is 385 g/mol. The third kappa shape index (κ3) is 3.53. The second kappa shape index (κ2) is 7.54. The molecule has 1 aliphatic carbocycles. The van der Waals surface area contributed by atoms with Crippen LogP contribution in [0, 0.1) is 0 Å². The van der Waals surface area contributed by atoms with Gasteiger partial charge in [0.15, 0.2) is 0 Å². The van der Waals surface area contributed by atoms with Crippen molar-refractivity contribution in [3.8, 4) is 5.69 Å². The zero-order valence-corrected chi connectivity index (χ0v) is 16.1. The Balaban J connectivity index is 1.31. The van der Waals surface area contributed by atoms with Gasteiger partial charge in [-0.1, -0.05) is 36.8 Å². The number of carbonyl (C=O) groups is 1. The minimum atomic E-state index is -0.0818. The molecule has 29 heavy (non-hydrogen) atoms.